The van der Waals surface area contributed by atoms with E-state index in [1.165, 1.54) is 0 Å². The molecule has 2 aromatic rings. The van der Waals surface area contributed by atoms with E-state index in [2.05, 4.69) is 16.3 Å². The van der Waals surface area contributed by atoms with Crippen molar-refractivity contribution in [3.8, 4) is 0 Å². The normalized spacial score (nSPS) is 10.7. The maximum Gasteiger partial charge on any atom is 0.156 e. The fourth-order valence-corrected chi connectivity index (χ4v) is 1.17. The van der Waals surface area contributed by atoms with E-state index in [1.807, 2.05) is 19.9 Å². The van der Waals surface area contributed by atoms with E-state index in [4.69, 9.17) is 0 Å². The van der Waals surface area contributed by atoms with Gasteiger partial charge in [-0.25, -0.2) is 9.50 Å². The number of aromatic nitrogens is 3. The quantitative estimate of drug-likeness (QED) is 0.558. The Morgan fingerprint density at radius 1 is 1.45 bits per heavy atom. The van der Waals surface area contributed by atoms with Crippen LogP contribution < -0.4 is 0 Å². The zero-order valence-electron chi connectivity index (χ0n) is 6.50. The van der Waals surface area contributed by atoms with Gasteiger partial charge in [0.25, 0.3) is 0 Å². The van der Waals surface area contributed by atoms with E-state index in [-0.39, 0.29) is 0 Å². The average Bonchev–Trinajstić information content (AvgIpc) is 2.34. The molecule has 0 saturated heterocycles. The van der Waals surface area contributed by atoms with Gasteiger partial charge >= 0.3 is 0 Å². The van der Waals surface area contributed by atoms with Crippen LogP contribution in [0, 0.1) is 20.0 Å². The van der Waals surface area contributed by atoms with Gasteiger partial charge in [-0.3, -0.25) is 0 Å². The van der Waals surface area contributed by atoms with Gasteiger partial charge < -0.3 is 0 Å². The van der Waals surface area contributed by atoms with Crippen molar-refractivity contribution < 1.29 is 0 Å². The van der Waals surface area contributed by atoms with Crippen molar-refractivity contribution in [1.82, 2.24) is 14.6 Å². The molecule has 0 aliphatic rings. The van der Waals surface area contributed by atoms with E-state index in [9.17, 15) is 0 Å². The number of fused-ring (bicyclic) bond motifs is 1. The summed E-state index contributed by atoms with van der Waals surface area (Å²) >= 11 is 0. The van der Waals surface area contributed by atoms with Crippen LogP contribution in [-0.4, -0.2) is 14.6 Å². The minimum Gasteiger partial charge on any atom is -0.234 e. The predicted octanol–water partition coefficient (Wildman–Crippen LogP) is 1.15. The lowest BCUT2D eigenvalue weighted by molar-refractivity contribution is 0.883. The van der Waals surface area contributed by atoms with E-state index in [1.54, 1.807) is 10.6 Å². The molecule has 0 aliphatic heterocycles. The molecule has 0 spiro atoms. The Hall–Kier alpha value is -1.38. The Morgan fingerprint density at radius 3 is 3.09 bits per heavy atom. The van der Waals surface area contributed by atoms with E-state index >= 15 is 0 Å². The number of hydrogen-bond donors (Lipinski definition) is 0. The molecule has 2 heterocycles. The summed E-state index contributed by atoms with van der Waals surface area (Å²) in [6, 6.07) is 3.77. The standard InChI is InChI=1S/C8H8N3/c1-6-5-7(2)11-8(10-6)3-4-9-11/h3,5H,1-2H3. The summed E-state index contributed by atoms with van der Waals surface area (Å²) in [6.45, 7) is 3.97. The first-order valence-corrected chi connectivity index (χ1v) is 3.47. The molecule has 0 fully saturated rings. The molecule has 0 aromatic carbocycles. The second-order valence-corrected chi connectivity index (χ2v) is 2.58. The van der Waals surface area contributed by atoms with Crippen molar-refractivity contribution in [3.05, 3.63) is 29.7 Å². The van der Waals surface area contributed by atoms with Crippen LogP contribution in [0.25, 0.3) is 5.65 Å². The molecule has 2 rings (SSSR count). The molecule has 1 radical (unpaired) electrons. The molecule has 0 aliphatic carbocycles. The van der Waals surface area contributed by atoms with E-state index in [0.717, 1.165) is 17.0 Å². The third kappa shape index (κ3) is 0.888. The van der Waals surface area contributed by atoms with Gasteiger partial charge in [-0.15, -0.1) is 0 Å². The lowest BCUT2D eigenvalue weighted by Crippen LogP contribution is -1.96. The number of nitrogens with zero attached hydrogens (tertiary/aromatic N) is 3. The minimum atomic E-state index is 0.863. The summed E-state index contributed by atoms with van der Waals surface area (Å²) in [7, 11) is 0. The van der Waals surface area contributed by atoms with Crippen LogP contribution in [0.4, 0.5) is 0 Å². The molecule has 0 N–H and O–H groups in total. The summed E-state index contributed by atoms with van der Waals surface area (Å²) < 4.78 is 1.77. The summed E-state index contributed by atoms with van der Waals surface area (Å²) in [4.78, 5) is 4.27. The van der Waals surface area contributed by atoms with Gasteiger partial charge in [0.2, 0.25) is 0 Å². The molecule has 2 aromatic heterocycles. The van der Waals surface area contributed by atoms with Crippen molar-refractivity contribution in [3.63, 3.8) is 0 Å². The van der Waals surface area contributed by atoms with Crippen molar-refractivity contribution in [2.75, 3.05) is 0 Å². The van der Waals surface area contributed by atoms with Gasteiger partial charge in [-0.05, 0) is 19.9 Å². The minimum absolute atomic E-state index is 0.863. The first-order valence-electron chi connectivity index (χ1n) is 3.47. The van der Waals surface area contributed by atoms with Crippen LogP contribution in [0.3, 0.4) is 0 Å². The largest absolute Gasteiger partial charge is 0.234 e. The molecule has 0 saturated carbocycles. The number of rotatable bonds is 0. The van der Waals surface area contributed by atoms with Gasteiger partial charge in [0.1, 0.15) is 6.20 Å². The van der Waals surface area contributed by atoms with Crippen LogP contribution in [-0.2, 0) is 0 Å². The van der Waals surface area contributed by atoms with Gasteiger partial charge in [0.05, 0.1) is 0 Å². The van der Waals surface area contributed by atoms with Crippen molar-refractivity contribution in [2.24, 2.45) is 0 Å². The molecule has 0 amide bonds. The van der Waals surface area contributed by atoms with Crippen LogP contribution in [0.1, 0.15) is 11.4 Å². The summed E-state index contributed by atoms with van der Waals surface area (Å²) in [5.74, 6) is 0. The summed E-state index contributed by atoms with van der Waals surface area (Å²) in [5, 5.41) is 3.99. The van der Waals surface area contributed by atoms with E-state index < -0.39 is 0 Å². The molecule has 3 heteroatoms. The maximum absolute atomic E-state index is 4.27. The van der Waals surface area contributed by atoms with Crippen molar-refractivity contribution in [1.29, 1.82) is 0 Å². The van der Waals surface area contributed by atoms with Crippen LogP contribution >= 0.6 is 0 Å². The Morgan fingerprint density at radius 2 is 2.27 bits per heavy atom. The smallest absolute Gasteiger partial charge is 0.156 e. The summed E-state index contributed by atoms with van der Waals surface area (Å²) in [6.07, 6.45) is 2.76. The second-order valence-electron chi connectivity index (χ2n) is 2.58. The topological polar surface area (TPSA) is 30.2 Å². The monoisotopic (exact) mass is 146 g/mol. The highest BCUT2D eigenvalue weighted by molar-refractivity contribution is 5.37. The number of hydrogen-bond acceptors (Lipinski definition) is 2. The first kappa shape index (κ1) is 6.34. The fourth-order valence-electron chi connectivity index (χ4n) is 1.17. The Bertz CT molecular complexity index is 389. The number of aryl methyl sites for hydroxylation is 2. The molecule has 0 atom stereocenters. The zero-order valence-corrected chi connectivity index (χ0v) is 6.50. The van der Waals surface area contributed by atoms with E-state index in [0.29, 0.717) is 0 Å². The third-order valence-corrected chi connectivity index (χ3v) is 1.61. The van der Waals surface area contributed by atoms with Crippen LogP contribution in [0.2, 0.25) is 0 Å². The molecule has 55 valence electrons. The third-order valence-electron chi connectivity index (χ3n) is 1.61. The Kier molecular flexibility index (Phi) is 1.18. The Balaban J connectivity index is 2.91. The van der Waals surface area contributed by atoms with Crippen LogP contribution in [0.15, 0.2) is 12.1 Å². The Labute approximate surface area is 64.7 Å². The van der Waals surface area contributed by atoms with Crippen LogP contribution in [0.5, 0.6) is 0 Å². The predicted molar refractivity (Wildman–Crippen MR) is 41.3 cm³/mol. The molecule has 11 heavy (non-hydrogen) atoms. The van der Waals surface area contributed by atoms with Crippen molar-refractivity contribution in [2.45, 2.75) is 13.8 Å². The zero-order chi connectivity index (χ0) is 7.84. The van der Waals surface area contributed by atoms with Gasteiger partial charge in [-0.1, -0.05) is 0 Å². The fraction of sp³-hybridized carbons (Fsp3) is 0.250. The molecule has 0 bridgehead atoms. The van der Waals surface area contributed by atoms with Crippen molar-refractivity contribution >= 4 is 5.65 Å². The molecular formula is C8H8N3. The highest BCUT2D eigenvalue weighted by Crippen LogP contribution is 2.03. The van der Waals surface area contributed by atoms with Gasteiger partial charge in [0, 0.05) is 17.5 Å². The summed E-state index contributed by atoms with van der Waals surface area (Å²) in [5.41, 5.74) is 2.97. The second kappa shape index (κ2) is 2.05. The lowest BCUT2D eigenvalue weighted by Gasteiger charge is -1.98. The highest BCUT2D eigenvalue weighted by atomic mass is 15.2. The molecule has 3 nitrogen and oxygen atoms in total. The first-order chi connectivity index (χ1) is 5.27. The average molecular weight is 146 g/mol. The maximum atomic E-state index is 4.27. The molecule has 0 unspecified atom stereocenters. The van der Waals surface area contributed by atoms with Gasteiger partial charge in [0.15, 0.2) is 5.65 Å². The molecular weight excluding hydrogens is 138 g/mol. The SMILES string of the molecule is Cc1cc(C)n2n[c]cc2n1. The lowest BCUT2D eigenvalue weighted by atomic mass is 10.3. The highest BCUT2D eigenvalue weighted by Gasteiger charge is 1.98. The van der Waals surface area contributed by atoms with Gasteiger partial charge in [-0.2, -0.15) is 5.10 Å².